The average molecular weight is 481 g/mol. The predicted molar refractivity (Wildman–Crippen MR) is 128 cm³/mol. The van der Waals surface area contributed by atoms with E-state index in [9.17, 15) is 18.5 Å². The second-order valence-electron chi connectivity index (χ2n) is 7.36. The third-order valence-corrected chi connectivity index (χ3v) is 6.20. The standard InChI is InChI=1S/C24H24N4O5S/c1-4-13-32-22-8-6-5-7-18(22)14-19(15-25)23(29)26-20-9-11-21(12-10-20)34(30,31)28-24-16(2)17(3)27-33-24/h5-12,14,28H,4,13H2,1-3H3,(H,26,29)/b19-14+. The van der Waals surface area contributed by atoms with E-state index in [1.807, 2.05) is 19.1 Å². The molecule has 1 aromatic heterocycles. The highest BCUT2D eigenvalue weighted by molar-refractivity contribution is 7.92. The van der Waals surface area contributed by atoms with Crippen molar-refractivity contribution < 1.29 is 22.5 Å². The number of hydrogen-bond acceptors (Lipinski definition) is 7. The number of para-hydroxylation sites is 1. The summed E-state index contributed by atoms with van der Waals surface area (Å²) in [6, 6.07) is 14.5. The second-order valence-corrected chi connectivity index (χ2v) is 9.04. The fourth-order valence-corrected chi connectivity index (χ4v) is 3.90. The highest BCUT2D eigenvalue weighted by atomic mass is 32.2. The van der Waals surface area contributed by atoms with Crippen molar-refractivity contribution in [2.75, 3.05) is 16.6 Å². The summed E-state index contributed by atoms with van der Waals surface area (Å²) in [4.78, 5) is 12.6. The Hall–Kier alpha value is -4.10. The maximum absolute atomic E-state index is 12.6. The largest absolute Gasteiger partial charge is 0.493 e. The van der Waals surface area contributed by atoms with Gasteiger partial charge in [-0.3, -0.25) is 4.79 Å². The zero-order valence-corrected chi connectivity index (χ0v) is 19.8. The molecule has 0 aliphatic carbocycles. The summed E-state index contributed by atoms with van der Waals surface area (Å²) >= 11 is 0. The fraction of sp³-hybridized carbons (Fsp3) is 0.208. The Labute approximate surface area is 198 Å². The molecular formula is C24H24N4O5S. The Bertz CT molecular complexity index is 1350. The molecule has 2 N–H and O–H groups in total. The van der Waals surface area contributed by atoms with Crippen molar-refractivity contribution in [1.82, 2.24) is 5.16 Å². The lowest BCUT2D eigenvalue weighted by Gasteiger charge is -2.09. The van der Waals surface area contributed by atoms with Gasteiger partial charge in [-0.05, 0) is 56.7 Å². The number of nitriles is 1. The Morgan fingerprint density at radius 3 is 2.50 bits per heavy atom. The van der Waals surface area contributed by atoms with Gasteiger partial charge in [-0.15, -0.1) is 0 Å². The Kier molecular flexibility index (Phi) is 7.71. The van der Waals surface area contributed by atoms with Crippen LogP contribution >= 0.6 is 0 Å². The number of aromatic nitrogens is 1. The molecule has 0 bridgehead atoms. The maximum Gasteiger partial charge on any atom is 0.266 e. The van der Waals surface area contributed by atoms with E-state index < -0.39 is 15.9 Å². The zero-order chi connectivity index (χ0) is 24.7. The van der Waals surface area contributed by atoms with E-state index in [1.54, 1.807) is 32.0 Å². The average Bonchev–Trinajstić information content (AvgIpc) is 3.13. The highest BCUT2D eigenvalue weighted by Crippen LogP contribution is 2.24. The molecule has 9 nitrogen and oxygen atoms in total. The molecule has 0 unspecified atom stereocenters. The minimum Gasteiger partial charge on any atom is -0.493 e. The Morgan fingerprint density at radius 1 is 1.18 bits per heavy atom. The molecule has 10 heteroatoms. The fourth-order valence-electron chi connectivity index (χ4n) is 2.85. The quantitative estimate of drug-likeness (QED) is 0.342. The van der Waals surface area contributed by atoms with Crippen molar-refractivity contribution in [3.8, 4) is 11.8 Å². The Balaban J connectivity index is 1.74. The van der Waals surface area contributed by atoms with E-state index in [0.29, 0.717) is 34.9 Å². The van der Waals surface area contributed by atoms with Gasteiger partial charge >= 0.3 is 0 Å². The molecule has 0 radical (unpaired) electrons. The smallest absolute Gasteiger partial charge is 0.266 e. The van der Waals surface area contributed by atoms with E-state index in [4.69, 9.17) is 9.26 Å². The summed E-state index contributed by atoms with van der Waals surface area (Å²) < 4.78 is 38.2. The van der Waals surface area contributed by atoms with Crippen LogP contribution in [0.15, 0.2) is 63.5 Å². The van der Waals surface area contributed by atoms with Gasteiger partial charge in [0.25, 0.3) is 15.9 Å². The van der Waals surface area contributed by atoms with Gasteiger partial charge in [0.05, 0.1) is 17.2 Å². The number of carbonyl (C=O) groups excluding carboxylic acids is 1. The first-order valence-electron chi connectivity index (χ1n) is 10.5. The van der Waals surface area contributed by atoms with Gasteiger partial charge in [0.2, 0.25) is 5.88 Å². The number of anilines is 2. The highest BCUT2D eigenvalue weighted by Gasteiger charge is 2.19. The first kappa shape index (κ1) is 24.5. The third-order valence-electron chi connectivity index (χ3n) is 4.85. The topological polar surface area (TPSA) is 134 Å². The first-order valence-corrected chi connectivity index (χ1v) is 11.9. The molecule has 1 amide bonds. The summed E-state index contributed by atoms with van der Waals surface area (Å²) in [5.41, 5.74) is 1.98. The van der Waals surface area contributed by atoms with Gasteiger partial charge in [0.15, 0.2) is 0 Å². The number of sulfonamides is 1. The molecule has 2 aromatic carbocycles. The van der Waals surface area contributed by atoms with Gasteiger partial charge in [-0.2, -0.15) is 5.26 Å². The number of carbonyl (C=O) groups is 1. The summed E-state index contributed by atoms with van der Waals surface area (Å²) in [6.07, 6.45) is 2.27. The van der Waals surface area contributed by atoms with E-state index in [1.165, 1.54) is 30.3 Å². The molecule has 0 atom stereocenters. The van der Waals surface area contributed by atoms with Gasteiger partial charge in [0.1, 0.15) is 17.4 Å². The number of nitrogens with zero attached hydrogens (tertiary/aromatic N) is 2. The van der Waals surface area contributed by atoms with Crippen LogP contribution in [0.2, 0.25) is 0 Å². The van der Waals surface area contributed by atoms with Crippen LogP contribution in [0.3, 0.4) is 0 Å². The summed E-state index contributed by atoms with van der Waals surface area (Å²) in [5.74, 6) is -0.0136. The molecule has 3 aromatic rings. The molecule has 0 fully saturated rings. The minimum atomic E-state index is -3.92. The third kappa shape index (κ3) is 5.82. The van der Waals surface area contributed by atoms with E-state index in [2.05, 4.69) is 15.2 Å². The minimum absolute atomic E-state index is 0.0306. The van der Waals surface area contributed by atoms with Crippen LogP contribution in [0.25, 0.3) is 6.08 Å². The van der Waals surface area contributed by atoms with Crippen molar-refractivity contribution >= 4 is 33.6 Å². The van der Waals surface area contributed by atoms with E-state index >= 15 is 0 Å². The van der Waals surface area contributed by atoms with Crippen molar-refractivity contribution in [3.63, 3.8) is 0 Å². The van der Waals surface area contributed by atoms with Crippen molar-refractivity contribution in [2.24, 2.45) is 0 Å². The van der Waals surface area contributed by atoms with Gasteiger partial charge in [-0.1, -0.05) is 30.3 Å². The van der Waals surface area contributed by atoms with E-state index in [-0.39, 0.29) is 16.4 Å². The first-order chi connectivity index (χ1) is 16.2. The van der Waals surface area contributed by atoms with Crippen molar-refractivity contribution in [3.05, 3.63) is 70.9 Å². The van der Waals surface area contributed by atoms with Crippen LogP contribution in [-0.2, 0) is 14.8 Å². The number of nitrogens with one attached hydrogen (secondary N) is 2. The van der Waals surface area contributed by atoms with Crippen LogP contribution in [0.5, 0.6) is 5.75 Å². The summed E-state index contributed by atoms with van der Waals surface area (Å²) in [6.45, 7) is 5.89. The van der Waals surface area contributed by atoms with Gasteiger partial charge in [0, 0.05) is 16.8 Å². The number of benzene rings is 2. The van der Waals surface area contributed by atoms with Crippen LogP contribution in [-0.4, -0.2) is 26.1 Å². The van der Waals surface area contributed by atoms with Crippen LogP contribution < -0.4 is 14.8 Å². The van der Waals surface area contributed by atoms with Crippen LogP contribution in [0.1, 0.15) is 30.2 Å². The molecule has 0 spiro atoms. The SMILES string of the molecule is CCCOc1ccccc1/C=C(\C#N)C(=O)Nc1ccc(S(=O)(=O)Nc2onc(C)c2C)cc1. The number of aryl methyl sites for hydroxylation is 1. The van der Waals surface area contributed by atoms with Crippen LogP contribution in [0, 0.1) is 25.2 Å². The second kappa shape index (κ2) is 10.7. The lowest BCUT2D eigenvalue weighted by atomic mass is 10.1. The molecular weight excluding hydrogens is 456 g/mol. The molecule has 0 aliphatic rings. The normalized spacial score (nSPS) is 11.5. The lowest BCUT2D eigenvalue weighted by molar-refractivity contribution is -0.112. The van der Waals surface area contributed by atoms with Crippen molar-refractivity contribution in [1.29, 1.82) is 5.26 Å². The zero-order valence-electron chi connectivity index (χ0n) is 19.0. The number of hydrogen-bond donors (Lipinski definition) is 2. The summed E-state index contributed by atoms with van der Waals surface area (Å²) in [5, 5.41) is 15.8. The molecule has 3 rings (SSSR count). The van der Waals surface area contributed by atoms with Crippen molar-refractivity contribution in [2.45, 2.75) is 32.1 Å². The number of rotatable bonds is 9. The van der Waals surface area contributed by atoms with Gasteiger partial charge < -0.3 is 14.6 Å². The molecule has 176 valence electrons. The molecule has 0 saturated carbocycles. The molecule has 1 heterocycles. The molecule has 0 aliphatic heterocycles. The summed E-state index contributed by atoms with van der Waals surface area (Å²) in [7, 11) is -3.92. The number of amides is 1. The molecule has 0 saturated heterocycles. The van der Waals surface area contributed by atoms with Crippen LogP contribution in [0.4, 0.5) is 11.6 Å². The Morgan fingerprint density at radius 2 is 1.88 bits per heavy atom. The lowest BCUT2D eigenvalue weighted by Crippen LogP contribution is -2.15. The molecule has 34 heavy (non-hydrogen) atoms. The number of ether oxygens (including phenoxy) is 1. The predicted octanol–water partition coefficient (Wildman–Crippen LogP) is 4.43. The maximum atomic E-state index is 12.6. The monoisotopic (exact) mass is 480 g/mol. The van der Waals surface area contributed by atoms with Gasteiger partial charge in [-0.25, -0.2) is 13.1 Å². The van der Waals surface area contributed by atoms with E-state index in [0.717, 1.165) is 6.42 Å².